The summed E-state index contributed by atoms with van der Waals surface area (Å²) >= 11 is 0. The van der Waals surface area contributed by atoms with Crippen LogP contribution in [0.4, 0.5) is 33.7 Å². The number of hydrogen-bond donors (Lipinski definition) is 3. The minimum Gasteiger partial charge on any atom is -0.415 e. The van der Waals surface area contributed by atoms with Gasteiger partial charge in [-0.3, -0.25) is 4.90 Å². The van der Waals surface area contributed by atoms with E-state index in [0.717, 1.165) is 42.1 Å². The van der Waals surface area contributed by atoms with Gasteiger partial charge < -0.3 is 35.0 Å². The number of nitrogens with zero attached hydrogens (tertiary/aromatic N) is 7. The molecule has 0 radical (unpaired) electrons. The van der Waals surface area contributed by atoms with E-state index in [1.54, 1.807) is 41.3 Å². The number of nitrogens with two attached hydrogens (primary N) is 1. The van der Waals surface area contributed by atoms with Gasteiger partial charge in [0, 0.05) is 55.2 Å². The summed E-state index contributed by atoms with van der Waals surface area (Å²) in [7, 11) is 7.90. The van der Waals surface area contributed by atoms with Crippen molar-refractivity contribution >= 4 is 17.4 Å². The number of benzene rings is 4. The Labute approximate surface area is 334 Å². The second-order valence-corrected chi connectivity index (χ2v) is 13.2. The molecule has 0 unspecified atom stereocenters. The lowest BCUT2D eigenvalue weighted by Crippen LogP contribution is -2.42. The van der Waals surface area contributed by atoms with Gasteiger partial charge in [0.05, 0.1) is 6.54 Å². The number of likely N-dealkylation sites (N-methyl/N-ethyl adjacent to an activating group) is 2. The molecule has 58 heavy (non-hydrogen) atoms. The van der Waals surface area contributed by atoms with Crippen LogP contribution in [0.3, 0.4) is 0 Å². The van der Waals surface area contributed by atoms with Crippen LogP contribution in [0.2, 0.25) is 0 Å². The Bertz CT molecular complexity index is 2050. The maximum absolute atomic E-state index is 12.8. The van der Waals surface area contributed by atoms with Gasteiger partial charge in [-0.05, 0) is 87.8 Å². The van der Waals surface area contributed by atoms with Crippen molar-refractivity contribution in [2.24, 2.45) is 5.73 Å². The second kappa shape index (κ2) is 23.2. The number of anilines is 2. The summed E-state index contributed by atoms with van der Waals surface area (Å²) < 4.78 is 60.0. The predicted molar refractivity (Wildman–Crippen MR) is 215 cm³/mol. The van der Waals surface area contributed by atoms with Gasteiger partial charge in [0.2, 0.25) is 11.8 Å². The van der Waals surface area contributed by atoms with E-state index in [1.165, 1.54) is 0 Å². The molecule has 6 aromatic rings. The van der Waals surface area contributed by atoms with Crippen molar-refractivity contribution in [1.82, 2.24) is 35.5 Å². The number of nitrogens with one attached hydrogen (secondary N) is 2. The van der Waals surface area contributed by atoms with Crippen LogP contribution in [0, 0.1) is 0 Å². The molecule has 308 valence electrons. The molecule has 0 saturated heterocycles. The normalized spacial score (nSPS) is 10.9. The first-order valence-corrected chi connectivity index (χ1v) is 18.2. The van der Waals surface area contributed by atoms with Crippen molar-refractivity contribution in [3.63, 3.8) is 0 Å². The predicted octanol–water partition coefficient (Wildman–Crippen LogP) is 7.75. The van der Waals surface area contributed by atoms with Crippen molar-refractivity contribution in [3.05, 3.63) is 132 Å². The van der Waals surface area contributed by atoms with E-state index >= 15 is 0 Å². The minimum atomic E-state index is -2.81. The van der Waals surface area contributed by atoms with Crippen molar-refractivity contribution < 1.29 is 31.2 Å². The van der Waals surface area contributed by atoms with Gasteiger partial charge in [-0.15, -0.1) is 20.4 Å². The standard InChI is InChI=1S/C21H23F2N5O2.C16H13F2N3O.C4H12N2/c1-27(2)13-12-24-21(29)28(17-6-4-3-5-7-17)14-15-8-10-16(11-9-15)19-25-26-20(30-19)18(22)23;17-14(18)16-21-20-15(22-16)12-8-6-11(7-9-12)10-19-13-4-2-1-3-5-13;1-6(2)4-3-5/h3-11,18H,12-14H2,1-2H3,(H,24,29);1-9,14,19H,10H2;3-5H2,1-2H3. The molecule has 4 N–H and O–H groups in total. The molecule has 0 spiro atoms. The van der Waals surface area contributed by atoms with Crippen LogP contribution in [0.25, 0.3) is 22.9 Å². The van der Waals surface area contributed by atoms with Crippen molar-refractivity contribution in [2.75, 3.05) is 64.6 Å². The lowest BCUT2D eigenvalue weighted by atomic mass is 10.1. The zero-order valence-corrected chi connectivity index (χ0v) is 32.7. The molecule has 0 saturated carbocycles. The van der Waals surface area contributed by atoms with Gasteiger partial charge in [0.1, 0.15) is 0 Å². The van der Waals surface area contributed by atoms with E-state index in [2.05, 4.69) is 35.9 Å². The molecule has 6 rings (SSSR count). The van der Waals surface area contributed by atoms with Gasteiger partial charge in [-0.1, -0.05) is 60.7 Å². The molecule has 4 aromatic carbocycles. The fourth-order valence-corrected chi connectivity index (χ4v) is 4.97. The first-order valence-electron chi connectivity index (χ1n) is 18.2. The number of amides is 2. The molecule has 2 amide bonds. The van der Waals surface area contributed by atoms with E-state index in [9.17, 15) is 22.4 Å². The Morgan fingerprint density at radius 1 is 0.655 bits per heavy atom. The number of urea groups is 1. The van der Waals surface area contributed by atoms with Gasteiger partial charge in [-0.25, -0.2) is 4.79 Å². The highest BCUT2D eigenvalue weighted by molar-refractivity contribution is 5.91. The zero-order valence-electron chi connectivity index (χ0n) is 32.7. The number of para-hydroxylation sites is 2. The van der Waals surface area contributed by atoms with Crippen LogP contribution < -0.4 is 21.3 Å². The van der Waals surface area contributed by atoms with E-state index in [1.807, 2.05) is 106 Å². The number of alkyl halides is 4. The highest BCUT2D eigenvalue weighted by Gasteiger charge is 2.19. The van der Waals surface area contributed by atoms with E-state index in [0.29, 0.717) is 30.8 Å². The number of carbonyl (C=O) groups is 1. The third kappa shape index (κ3) is 14.7. The maximum Gasteiger partial charge on any atom is 0.322 e. The topological polar surface area (TPSA) is 155 Å². The lowest BCUT2D eigenvalue weighted by Gasteiger charge is -2.24. The van der Waals surface area contributed by atoms with Gasteiger partial charge >= 0.3 is 18.9 Å². The van der Waals surface area contributed by atoms with Crippen LogP contribution in [-0.2, 0) is 13.1 Å². The zero-order chi connectivity index (χ0) is 41.9. The van der Waals surface area contributed by atoms with Crippen LogP contribution in [0.5, 0.6) is 0 Å². The molecule has 0 aliphatic carbocycles. The summed E-state index contributed by atoms with van der Waals surface area (Å²) in [4.78, 5) is 18.5. The van der Waals surface area contributed by atoms with Gasteiger partial charge in [-0.2, -0.15) is 17.6 Å². The fraction of sp³-hybridized carbons (Fsp3) is 0.293. The van der Waals surface area contributed by atoms with E-state index in [4.69, 9.17) is 14.6 Å². The largest absolute Gasteiger partial charge is 0.415 e. The maximum atomic E-state index is 12.8. The van der Waals surface area contributed by atoms with Crippen LogP contribution >= 0.6 is 0 Å². The second-order valence-electron chi connectivity index (χ2n) is 13.2. The van der Waals surface area contributed by atoms with Crippen molar-refractivity contribution in [1.29, 1.82) is 0 Å². The highest BCUT2D eigenvalue weighted by atomic mass is 19.3. The summed E-state index contributed by atoms with van der Waals surface area (Å²) in [6, 6.07) is 33.3. The third-order valence-corrected chi connectivity index (χ3v) is 7.99. The Morgan fingerprint density at radius 3 is 1.57 bits per heavy atom. The number of carbonyl (C=O) groups excluding carboxylic acids is 1. The minimum absolute atomic E-state index is 0.0261. The summed E-state index contributed by atoms with van der Waals surface area (Å²) in [6.45, 7) is 4.00. The number of aromatic nitrogens is 4. The average molecular weight is 805 g/mol. The van der Waals surface area contributed by atoms with Crippen molar-refractivity contribution in [2.45, 2.75) is 25.9 Å². The summed E-state index contributed by atoms with van der Waals surface area (Å²) in [5.41, 5.74) is 10.0. The smallest absolute Gasteiger partial charge is 0.322 e. The Kier molecular flexibility index (Phi) is 17.8. The molecular formula is C41H48F4N10O3. The van der Waals surface area contributed by atoms with Gasteiger partial charge in [0.15, 0.2) is 0 Å². The molecule has 17 heteroatoms. The molecular weight excluding hydrogens is 757 g/mol. The molecule has 0 fully saturated rings. The summed E-state index contributed by atoms with van der Waals surface area (Å²) in [6.07, 6.45) is -5.56. The molecule has 2 aromatic heterocycles. The monoisotopic (exact) mass is 804 g/mol. The van der Waals surface area contributed by atoms with Gasteiger partial charge in [0.25, 0.3) is 11.8 Å². The third-order valence-electron chi connectivity index (χ3n) is 7.99. The first kappa shape index (κ1) is 44.5. The number of halogens is 4. The summed E-state index contributed by atoms with van der Waals surface area (Å²) in [5.74, 6) is -1.25. The highest BCUT2D eigenvalue weighted by Crippen LogP contribution is 2.26. The number of rotatable bonds is 15. The van der Waals surface area contributed by atoms with E-state index < -0.39 is 24.6 Å². The molecule has 0 aliphatic heterocycles. The Morgan fingerprint density at radius 2 is 1.14 bits per heavy atom. The Balaban J connectivity index is 0.000000232. The van der Waals surface area contributed by atoms with Crippen LogP contribution in [-0.4, -0.2) is 90.6 Å². The fourth-order valence-electron chi connectivity index (χ4n) is 4.97. The molecule has 13 nitrogen and oxygen atoms in total. The van der Waals surface area contributed by atoms with E-state index in [-0.39, 0.29) is 17.8 Å². The SMILES string of the molecule is CN(C)CCN.CN(C)CCNC(=O)N(Cc1ccc(-c2nnc(C(F)F)o2)cc1)c1ccccc1.FC(F)c1nnc(-c2ccc(CNc3ccccc3)cc2)o1. The molecule has 0 atom stereocenters. The lowest BCUT2D eigenvalue weighted by molar-refractivity contribution is 0.115. The summed E-state index contributed by atoms with van der Waals surface area (Å²) in [5, 5.41) is 20.1. The Hall–Kier alpha value is -6.17. The molecule has 0 aliphatic rings. The van der Waals surface area contributed by atoms with Crippen molar-refractivity contribution in [3.8, 4) is 22.9 Å². The van der Waals surface area contributed by atoms with Crippen LogP contribution in [0.15, 0.2) is 118 Å². The first-order chi connectivity index (χ1) is 27.9. The molecule has 0 bridgehead atoms. The average Bonchev–Trinajstić information content (AvgIpc) is 3.93. The number of hydrogen-bond acceptors (Lipinski definition) is 11. The van der Waals surface area contributed by atoms with Crippen LogP contribution in [0.1, 0.15) is 35.8 Å². The molecule has 2 heterocycles. The quantitative estimate of drug-likeness (QED) is 0.0874.